The number of hydrogen-bond acceptors (Lipinski definition) is 3. The van der Waals surface area contributed by atoms with Crippen molar-refractivity contribution in [1.29, 1.82) is 0 Å². The maximum absolute atomic E-state index is 10.2. The van der Waals surface area contributed by atoms with Crippen LogP contribution >= 0.6 is 11.6 Å². The van der Waals surface area contributed by atoms with Crippen LogP contribution < -0.4 is 4.74 Å². The van der Waals surface area contributed by atoms with Crippen LogP contribution in [0.3, 0.4) is 0 Å². The lowest BCUT2D eigenvalue weighted by atomic mass is 10.1. The van der Waals surface area contributed by atoms with Gasteiger partial charge in [0.1, 0.15) is 5.75 Å². The van der Waals surface area contributed by atoms with Gasteiger partial charge in [-0.1, -0.05) is 29.8 Å². The van der Waals surface area contributed by atoms with Gasteiger partial charge in [0.15, 0.2) is 0 Å². The monoisotopic (exact) mass is 308 g/mol. The van der Waals surface area contributed by atoms with Crippen molar-refractivity contribution in [2.45, 2.75) is 39.3 Å². The van der Waals surface area contributed by atoms with Gasteiger partial charge >= 0.3 is 0 Å². The summed E-state index contributed by atoms with van der Waals surface area (Å²) in [6, 6.07) is 9.59. The van der Waals surface area contributed by atoms with Crippen molar-refractivity contribution < 1.29 is 9.84 Å². The Morgan fingerprint density at radius 2 is 2.05 bits per heavy atom. The Hall–Kier alpha value is -1.52. The van der Waals surface area contributed by atoms with Crippen LogP contribution in [0.5, 0.6) is 5.75 Å². The molecule has 1 aromatic heterocycles. The summed E-state index contributed by atoms with van der Waals surface area (Å²) in [6.07, 6.45) is 0.554. The fourth-order valence-electron chi connectivity index (χ4n) is 2.22. The number of rotatable bonds is 7. The Morgan fingerprint density at radius 1 is 1.33 bits per heavy atom. The zero-order chi connectivity index (χ0) is 15.2. The van der Waals surface area contributed by atoms with Crippen LogP contribution in [-0.2, 0) is 13.0 Å². The quantitative estimate of drug-likeness (QED) is 0.854. The third-order valence-electron chi connectivity index (χ3n) is 3.34. The summed E-state index contributed by atoms with van der Waals surface area (Å²) in [5, 5.41) is 15.2. The van der Waals surface area contributed by atoms with Gasteiger partial charge in [0.25, 0.3) is 0 Å². The SMILES string of the molecule is CCn1nc(C)c(Cl)c1CC(O)CCOc1ccccc1. The molecule has 0 saturated heterocycles. The first-order valence-corrected chi connectivity index (χ1v) is 7.57. The van der Waals surface area contributed by atoms with E-state index in [-0.39, 0.29) is 0 Å². The zero-order valence-electron chi connectivity index (χ0n) is 12.4. The molecule has 4 nitrogen and oxygen atoms in total. The number of hydrogen-bond donors (Lipinski definition) is 1. The molecule has 114 valence electrons. The van der Waals surface area contributed by atoms with Crippen LogP contribution in [0.2, 0.25) is 5.02 Å². The van der Waals surface area contributed by atoms with E-state index in [1.807, 2.05) is 48.9 Å². The van der Waals surface area contributed by atoms with Gasteiger partial charge in [-0.2, -0.15) is 5.10 Å². The first-order valence-electron chi connectivity index (χ1n) is 7.19. The van der Waals surface area contributed by atoms with Crippen molar-refractivity contribution >= 4 is 11.6 Å². The van der Waals surface area contributed by atoms with E-state index in [4.69, 9.17) is 16.3 Å². The minimum atomic E-state index is -0.493. The van der Waals surface area contributed by atoms with Gasteiger partial charge in [-0.3, -0.25) is 4.68 Å². The summed E-state index contributed by atoms with van der Waals surface area (Å²) in [4.78, 5) is 0. The molecular formula is C16H21ClN2O2. The second-order valence-electron chi connectivity index (χ2n) is 4.97. The van der Waals surface area contributed by atoms with E-state index < -0.39 is 6.10 Å². The van der Waals surface area contributed by atoms with E-state index in [0.29, 0.717) is 24.5 Å². The van der Waals surface area contributed by atoms with Gasteiger partial charge in [-0.15, -0.1) is 0 Å². The molecule has 2 aromatic rings. The van der Waals surface area contributed by atoms with Crippen LogP contribution in [0.15, 0.2) is 30.3 Å². The highest BCUT2D eigenvalue weighted by Gasteiger charge is 2.16. The summed E-state index contributed by atoms with van der Waals surface area (Å²) in [5.41, 5.74) is 1.70. The van der Waals surface area contributed by atoms with Crippen molar-refractivity contribution in [2.75, 3.05) is 6.61 Å². The normalized spacial score (nSPS) is 12.4. The van der Waals surface area contributed by atoms with Crippen LogP contribution in [0, 0.1) is 6.92 Å². The summed E-state index contributed by atoms with van der Waals surface area (Å²) in [7, 11) is 0. The number of aliphatic hydroxyl groups excluding tert-OH is 1. The molecule has 0 aliphatic heterocycles. The van der Waals surface area contributed by atoms with Crippen LogP contribution in [0.4, 0.5) is 0 Å². The number of para-hydroxylation sites is 1. The first kappa shape index (κ1) is 15.9. The number of aromatic nitrogens is 2. The number of aryl methyl sites for hydroxylation is 2. The third-order valence-corrected chi connectivity index (χ3v) is 3.84. The predicted molar refractivity (Wildman–Crippen MR) is 83.9 cm³/mol. The molecule has 5 heteroatoms. The van der Waals surface area contributed by atoms with Crippen molar-refractivity contribution in [3.63, 3.8) is 0 Å². The fraction of sp³-hybridized carbons (Fsp3) is 0.438. The molecular weight excluding hydrogens is 288 g/mol. The number of halogens is 1. The average Bonchev–Trinajstić information content (AvgIpc) is 2.76. The van der Waals surface area contributed by atoms with Gasteiger partial charge in [-0.05, 0) is 26.0 Å². The van der Waals surface area contributed by atoms with E-state index >= 15 is 0 Å². The Kier molecular flexibility index (Phi) is 5.65. The van der Waals surface area contributed by atoms with Crippen molar-refractivity contribution in [1.82, 2.24) is 9.78 Å². The Bertz CT molecular complexity index is 569. The summed E-state index contributed by atoms with van der Waals surface area (Å²) in [6.45, 7) is 5.11. The number of ether oxygens (including phenoxy) is 1. The lowest BCUT2D eigenvalue weighted by Crippen LogP contribution is -2.17. The molecule has 0 fully saturated rings. The van der Waals surface area contributed by atoms with E-state index in [2.05, 4.69) is 5.10 Å². The Morgan fingerprint density at radius 3 is 2.71 bits per heavy atom. The van der Waals surface area contributed by atoms with Crippen LogP contribution in [0.25, 0.3) is 0 Å². The second-order valence-corrected chi connectivity index (χ2v) is 5.35. The fourth-order valence-corrected chi connectivity index (χ4v) is 2.43. The second kappa shape index (κ2) is 7.48. The minimum Gasteiger partial charge on any atom is -0.493 e. The highest BCUT2D eigenvalue weighted by atomic mass is 35.5. The van der Waals surface area contributed by atoms with Gasteiger partial charge < -0.3 is 9.84 Å². The topological polar surface area (TPSA) is 47.3 Å². The van der Waals surface area contributed by atoms with E-state index in [1.165, 1.54) is 0 Å². The third kappa shape index (κ3) is 4.22. The lowest BCUT2D eigenvalue weighted by molar-refractivity contribution is 0.137. The van der Waals surface area contributed by atoms with Crippen LogP contribution in [-0.4, -0.2) is 27.6 Å². The molecule has 0 spiro atoms. The molecule has 1 unspecified atom stereocenters. The molecule has 1 heterocycles. The lowest BCUT2D eigenvalue weighted by Gasteiger charge is -2.13. The van der Waals surface area contributed by atoms with Crippen LogP contribution in [0.1, 0.15) is 24.7 Å². The summed E-state index contributed by atoms with van der Waals surface area (Å²) in [5.74, 6) is 0.817. The molecule has 0 amide bonds. The molecule has 0 radical (unpaired) electrons. The largest absolute Gasteiger partial charge is 0.493 e. The number of aliphatic hydroxyl groups is 1. The van der Waals surface area contributed by atoms with E-state index in [1.54, 1.807) is 0 Å². The van der Waals surface area contributed by atoms with Gasteiger partial charge in [0.2, 0.25) is 0 Å². The molecule has 0 aliphatic rings. The Labute approximate surface area is 130 Å². The molecule has 0 bridgehead atoms. The van der Waals surface area contributed by atoms with Crippen molar-refractivity contribution in [3.05, 3.63) is 46.7 Å². The molecule has 1 aromatic carbocycles. The predicted octanol–water partition coefficient (Wildman–Crippen LogP) is 3.24. The number of nitrogens with zero attached hydrogens (tertiary/aromatic N) is 2. The first-order chi connectivity index (χ1) is 10.1. The van der Waals surface area contributed by atoms with Crippen molar-refractivity contribution in [2.24, 2.45) is 0 Å². The highest BCUT2D eigenvalue weighted by molar-refractivity contribution is 6.31. The maximum atomic E-state index is 10.2. The molecule has 1 atom stereocenters. The average molecular weight is 309 g/mol. The van der Waals surface area contributed by atoms with Gasteiger partial charge in [-0.25, -0.2) is 0 Å². The smallest absolute Gasteiger partial charge is 0.119 e. The maximum Gasteiger partial charge on any atom is 0.119 e. The number of benzene rings is 1. The summed E-state index contributed by atoms with van der Waals surface area (Å²) >= 11 is 6.24. The van der Waals surface area contributed by atoms with Gasteiger partial charge in [0, 0.05) is 19.4 Å². The van der Waals surface area contributed by atoms with Gasteiger partial charge in [0.05, 0.1) is 29.1 Å². The Balaban J connectivity index is 1.86. The molecule has 21 heavy (non-hydrogen) atoms. The van der Waals surface area contributed by atoms with E-state index in [9.17, 15) is 5.11 Å². The summed E-state index contributed by atoms with van der Waals surface area (Å²) < 4.78 is 7.44. The molecule has 1 N–H and O–H groups in total. The molecule has 2 rings (SSSR count). The minimum absolute atomic E-state index is 0.474. The van der Waals surface area contributed by atoms with Crippen molar-refractivity contribution in [3.8, 4) is 5.75 Å². The highest BCUT2D eigenvalue weighted by Crippen LogP contribution is 2.22. The molecule has 0 aliphatic carbocycles. The zero-order valence-corrected chi connectivity index (χ0v) is 13.2. The standard InChI is InChI=1S/C16H21ClN2O2/c1-3-19-15(16(17)12(2)18-19)11-13(20)9-10-21-14-7-5-4-6-8-14/h4-8,13,20H,3,9-11H2,1-2H3. The van der Waals surface area contributed by atoms with E-state index in [0.717, 1.165) is 23.7 Å². The molecule has 0 saturated carbocycles.